The molecule has 0 radical (unpaired) electrons. The number of para-hydroxylation sites is 1. The highest BCUT2D eigenvalue weighted by molar-refractivity contribution is 7.89. The number of nitrogens with zero attached hydrogens (tertiary/aromatic N) is 2. The highest BCUT2D eigenvalue weighted by Crippen LogP contribution is 2.31. The molecule has 1 heterocycles. The monoisotopic (exact) mass is 432 g/mol. The van der Waals surface area contributed by atoms with E-state index in [1.807, 2.05) is 0 Å². The molecule has 1 fully saturated rings. The minimum absolute atomic E-state index is 0.152. The third-order valence-electron chi connectivity index (χ3n) is 4.41. The van der Waals surface area contributed by atoms with Gasteiger partial charge < -0.3 is 15.7 Å². The molecule has 1 aliphatic heterocycles. The van der Waals surface area contributed by atoms with E-state index in [1.165, 1.54) is 19.1 Å². The number of sulfonamides is 1. The number of benzene rings is 1. The molecule has 3 N–H and O–H groups in total. The summed E-state index contributed by atoms with van der Waals surface area (Å²) in [6.07, 6.45) is -0.467. The summed E-state index contributed by atoms with van der Waals surface area (Å²) in [6.45, 7) is -0.404. The summed E-state index contributed by atoms with van der Waals surface area (Å²) in [5.74, 6) is -1.70. The predicted molar refractivity (Wildman–Crippen MR) is 98.4 cm³/mol. The second-order valence-electron chi connectivity index (χ2n) is 6.67. The highest BCUT2D eigenvalue weighted by atomic mass is 32.2. The predicted octanol–water partition coefficient (Wildman–Crippen LogP) is -0.124. The van der Waals surface area contributed by atoms with Crippen LogP contribution in [0, 0.1) is 10.1 Å². The van der Waals surface area contributed by atoms with Crippen LogP contribution in [0.25, 0.3) is 0 Å². The number of carbonyl (C=O) groups excluding carboxylic acids is 1. The number of alkyl halides is 1. The second-order valence-corrected chi connectivity index (χ2v) is 8.58. The molecule has 11 nitrogen and oxygen atoms in total. The number of nitro benzene ring substituents is 1. The van der Waals surface area contributed by atoms with Crippen LogP contribution < -0.4 is 10.6 Å². The summed E-state index contributed by atoms with van der Waals surface area (Å²) in [4.78, 5) is 31.9. The Morgan fingerprint density at radius 3 is 2.66 bits per heavy atom. The number of carbonyl (C=O) groups is 2. The zero-order chi connectivity index (χ0) is 21.8. The van der Waals surface area contributed by atoms with Gasteiger partial charge in [-0.1, -0.05) is 12.1 Å². The molecule has 2 atom stereocenters. The quantitative estimate of drug-likeness (QED) is 0.360. The molecular weight excluding hydrogens is 411 g/mol. The van der Waals surface area contributed by atoms with Crippen molar-refractivity contribution in [2.75, 3.05) is 26.2 Å². The number of aliphatic carboxylic acids is 1. The zero-order valence-electron chi connectivity index (χ0n) is 15.5. The molecule has 1 aromatic rings. The van der Waals surface area contributed by atoms with Crippen molar-refractivity contribution >= 4 is 27.6 Å². The molecular formula is C16H21FN4O7S. The summed E-state index contributed by atoms with van der Waals surface area (Å²) in [5, 5.41) is 25.1. The van der Waals surface area contributed by atoms with E-state index in [4.69, 9.17) is 5.11 Å². The van der Waals surface area contributed by atoms with Crippen LogP contribution >= 0.6 is 0 Å². The average molecular weight is 432 g/mol. The molecule has 0 aliphatic carbocycles. The van der Waals surface area contributed by atoms with Crippen LogP contribution in [-0.2, 0) is 19.6 Å². The van der Waals surface area contributed by atoms with E-state index < -0.39 is 68.6 Å². The molecule has 13 heteroatoms. The lowest BCUT2D eigenvalue weighted by molar-refractivity contribution is -0.387. The summed E-state index contributed by atoms with van der Waals surface area (Å²) in [6, 6.07) is 3.48. The Morgan fingerprint density at radius 2 is 2.10 bits per heavy atom. The standard InChI is InChI=1S/C16H21FN4O7S/c1-11(22)18-6-7-20(10-16(17)8-12(15(23)24)19-9-16)29(27,28)14-5-3-2-4-13(14)21(25)26/h2-5,12,19H,6-10H2,1H3,(H,18,22)(H,23,24)/t12-,16+/m0/s1. The Bertz CT molecular complexity index is 910. The van der Waals surface area contributed by atoms with Gasteiger partial charge in [0.1, 0.15) is 11.7 Å². The SMILES string of the molecule is CC(=O)NCCN(C[C@]1(F)CN[C@H](C(=O)O)C1)S(=O)(=O)c1ccccc1[N+](=O)[O-]. The van der Waals surface area contributed by atoms with Crippen LogP contribution in [-0.4, -0.2) is 72.5 Å². The number of carboxylic acids is 1. The molecule has 160 valence electrons. The lowest BCUT2D eigenvalue weighted by atomic mass is 10.0. The molecule has 0 unspecified atom stereocenters. The Balaban J connectivity index is 2.36. The van der Waals surface area contributed by atoms with E-state index in [1.54, 1.807) is 0 Å². The van der Waals surface area contributed by atoms with Gasteiger partial charge in [-0.2, -0.15) is 4.31 Å². The smallest absolute Gasteiger partial charge is 0.320 e. The normalized spacial score (nSPS) is 21.8. The maximum Gasteiger partial charge on any atom is 0.320 e. The van der Waals surface area contributed by atoms with Crippen molar-refractivity contribution in [1.29, 1.82) is 0 Å². The van der Waals surface area contributed by atoms with Crippen molar-refractivity contribution in [3.05, 3.63) is 34.4 Å². The summed E-state index contributed by atoms with van der Waals surface area (Å²) in [7, 11) is -4.51. The minimum atomic E-state index is -4.51. The molecule has 1 saturated heterocycles. The number of halogens is 1. The molecule has 0 spiro atoms. The number of rotatable bonds is 9. The van der Waals surface area contributed by atoms with Crippen molar-refractivity contribution in [2.24, 2.45) is 0 Å². The van der Waals surface area contributed by atoms with E-state index in [-0.39, 0.29) is 13.1 Å². The van der Waals surface area contributed by atoms with Gasteiger partial charge in [-0.25, -0.2) is 12.8 Å². The van der Waals surface area contributed by atoms with Gasteiger partial charge in [0.25, 0.3) is 5.69 Å². The molecule has 1 aliphatic rings. The lowest BCUT2D eigenvalue weighted by Crippen LogP contribution is -2.47. The van der Waals surface area contributed by atoms with Crippen LogP contribution in [0.15, 0.2) is 29.2 Å². The maximum absolute atomic E-state index is 15.2. The Morgan fingerprint density at radius 1 is 1.45 bits per heavy atom. The van der Waals surface area contributed by atoms with Gasteiger partial charge in [0.2, 0.25) is 15.9 Å². The first-order chi connectivity index (χ1) is 13.5. The van der Waals surface area contributed by atoms with Crippen LogP contribution in [0.2, 0.25) is 0 Å². The van der Waals surface area contributed by atoms with Gasteiger partial charge in [0.05, 0.1) is 4.92 Å². The van der Waals surface area contributed by atoms with Gasteiger partial charge in [-0.05, 0) is 6.07 Å². The number of hydrogen-bond donors (Lipinski definition) is 3. The lowest BCUT2D eigenvalue weighted by Gasteiger charge is -2.28. The van der Waals surface area contributed by atoms with Gasteiger partial charge >= 0.3 is 5.97 Å². The Hall–Kier alpha value is -2.64. The third-order valence-corrected chi connectivity index (χ3v) is 6.30. The average Bonchev–Trinajstić information content (AvgIpc) is 3.03. The Kier molecular flexibility index (Phi) is 6.87. The topological polar surface area (TPSA) is 159 Å². The van der Waals surface area contributed by atoms with Gasteiger partial charge in [0.15, 0.2) is 4.90 Å². The first-order valence-electron chi connectivity index (χ1n) is 8.59. The number of amides is 1. The van der Waals surface area contributed by atoms with Gasteiger partial charge in [0, 0.05) is 45.6 Å². The van der Waals surface area contributed by atoms with Crippen LogP contribution in [0.1, 0.15) is 13.3 Å². The fourth-order valence-corrected chi connectivity index (χ4v) is 4.70. The van der Waals surface area contributed by atoms with E-state index in [0.29, 0.717) is 4.31 Å². The van der Waals surface area contributed by atoms with E-state index in [9.17, 15) is 28.1 Å². The zero-order valence-corrected chi connectivity index (χ0v) is 16.3. The molecule has 29 heavy (non-hydrogen) atoms. The fraction of sp³-hybridized carbons (Fsp3) is 0.500. The molecule has 2 rings (SSSR count). The first kappa shape index (κ1) is 22.6. The number of nitrogens with one attached hydrogen (secondary N) is 2. The molecule has 1 aromatic carbocycles. The minimum Gasteiger partial charge on any atom is -0.480 e. The van der Waals surface area contributed by atoms with Crippen LogP contribution in [0.5, 0.6) is 0 Å². The fourth-order valence-electron chi connectivity index (χ4n) is 3.03. The van der Waals surface area contributed by atoms with Gasteiger partial charge in [-0.3, -0.25) is 19.7 Å². The number of carboxylic acid groups (broad SMARTS) is 1. The van der Waals surface area contributed by atoms with Crippen molar-refractivity contribution in [3.63, 3.8) is 0 Å². The van der Waals surface area contributed by atoms with Gasteiger partial charge in [-0.15, -0.1) is 0 Å². The second kappa shape index (κ2) is 8.80. The van der Waals surface area contributed by atoms with Crippen molar-refractivity contribution in [3.8, 4) is 0 Å². The summed E-state index contributed by atoms with van der Waals surface area (Å²) < 4.78 is 42.1. The Labute approximate surface area is 166 Å². The third kappa shape index (κ3) is 5.46. The number of hydrogen-bond acceptors (Lipinski definition) is 7. The van der Waals surface area contributed by atoms with E-state index in [2.05, 4.69) is 10.6 Å². The van der Waals surface area contributed by atoms with Crippen LogP contribution in [0.3, 0.4) is 0 Å². The van der Waals surface area contributed by atoms with Crippen molar-refractivity contribution in [2.45, 2.75) is 30.0 Å². The maximum atomic E-state index is 15.2. The largest absolute Gasteiger partial charge is 0.480 e. The summed E-state index contributed by atoms with van der Waals surface area (Å²) in [5.41, 5.74) is -2.87. The first-order valence-corrected chi connectivity index (χ1v) is 10.0. The molecule has 0 saturated carbocycles. The van der Waals surface area contributed by atoms with Crippen LogP contribution in [0.4, 0.5) is 10.1 Å². The molecule has 1 amide bonds. The molecule has 0 aromatic heterocycles. The molecule has 0 bridgehead atoms. The van der Waals surface area contributed by atoms with Crippen molar-refractivity contribution in [1.82, 2.24) is 14.9 Å². The summed E-state index contributed by atoms with van der Waals surface area (Å²) >= 11 is 0. The highest BCUT2D eigenvalue weighted by Gasteiger charge is 2.46. The number of nitro groups is 1. The van der Waals surface area contributed by atoms with E-state index >= 15 is 4.39 Å². The van der Waals surface area contributed by atoms with E-state index in [0.717, 1.165) is 12.1 Å². The van der Waals surface area contributed by atoms with Crippen molar-refractivity contribution < 1.29 is 32.4 Å².